The number of fused-ring (bicyclic) bond motifs is 1. The molecule has 0 spiro atoms. The number of hydrogen-bond acceptors (Lipinski definition) is 4. The Hall–Kier alpha value is -3.78. The van der Waals surface area contributed by atoms with Gasteiger partial charge in [-0.15, -0.1) is 11.3 Å². The van der Waals surface area contributed by atoms with Crippen molar-refractivity contribution in [3.8, 4) is 0 Å². The van der Waals surface area contributed by atoms with Crippen molar-refractivity contribution in [3.05, 3.63) is 106 Å². The summed E-state index contributed by atoms with van der Waals surface area (Å²) < 4.78 is 17.0. The molecule has 5 rings (SSSR count). The molecule has 3 aromatic heterocycles. The fraction of sp³-hybridized carbons (Fsp3) is 0.160. The minimum absolute atomic E-state index is 0.113. The van der Waals surface area contributed by atoms with Gasteiger partial charge in [0.2, 0.25) is 0 Å². The molecule has 0 atom stereocenters. The highest BCUT2D eigenvalue weighted by Gasteiger charge is 2.17. The van der Waals surface area contributed by atoms with E-state index in [0.29, 0.717) is 24.5 Å². The lowest BCUT2D eigenvalue weighted by atomic mass is 10.1. The first-order chi connectivity index (χ1) is 16.1. The molecule has 1 N–H and O–H groups in total. The van der Waals surface area contributed by atoms with Crippen molar-refractivity contribution in [1.82, 2.24) is 24.9 Å². The summed E-state index contributed by atoms with van der Waals surface area (Å²) in [6, 6.07) is 18.2. The molecule has 0 radical (unpaired) electrons. The molecule has 166 valence electrons. The highest BCUT2D eigenvalue weighted by Crippen LogP contribution is 2.29. The van der Waals surface area contributed by atoms with Crippen LogP contribution in [0, 0.1) is 12.7 Å². The van der Waals surface area contributed by atoms with E-state index in [2.05, 4.69) is 21.6 Å². The van der Waals surface area contributed by atoms with Crippen LogP contribution in [-0.2, 0) is 19.6 Å². The largest absolute Gasteiger partial charge is 0.347 e. The number of carbonyl (C=O) groups excluding carboxylic acids is 1. The van der Waals surface area contributed by atoms with Crippen LogP contribution < -0.4 is 5.32 Å². The fourth-order valence-corrected chi connectivity index (χ4v) is 4.89. The summed E-state index contributed by atoms with van der Waals surface area (Å²) in [5, 5.41) is 12.9. The maximum absolute atomic E-state index is 13.2. The van der Waals surface area contributed by atoms with Crippen LogP contribution in [0.2, 0.25) is 0 Å². The predicted molar refractivity (Wildman–Crippen MR) is 127 cm³/mol. The van der Waals surface area contributed by atoms with E-state index < -0.39 is 0 Å². The third-order valence-electron chi connectivity index (χ3n) is 5.53. The number of nitrogens with one attached hydrogen (secondary N) is 1. The maximum Gasteiger partial charge on any atom is 0.261 e. The molecule has 1 amide bonds. The molecule has 0 fully saturated rings. The van der Waals surface area contributed by atoms with Crippen molar-refractivity contribution >= 4 is 27.5 Å². The Balaban J connectivity index is 1.32. The van der Waals surface area contributed by atoms with Gasteiger partial charge >= 0.3 is 0 Å². The van der Waals surface area contributed by atoms with Crippen LogP contribution in [0.4, 0.5) is 4.39 Å². The highest BCUT2D eigenvalue weighted by molar-refractivity contribution is 7.20. The number of rotatable bonds is 7. The second kappa shape index (κ2) is 8.99. The summed E-state index contributed by atoms with van der Waals surface area (Å²) in [7, 11) is 0. The van der Waals surface area contributed by atoms with E-state index >= 15 is 0 Å². The molecule has 8 heteroatoms. The van der Waals surface area contributed by atoms with Crippen LogP contribution in [0.25, 0.3) is 10.2 Å². The molecule has 0 aliphatic rings. The number of amides is 1. The zero-order chi connectivity index (χ0) is 22.8. The third-order valence-corrected chi connectivity index (χ3v) is 6.67. The number of aromatic nitrogens is 4. The molecule has 5 aromatic rings. The van der Waals surface area contributed by atoms with Gasteiger partial charge in [0.1, 0.15) is 10.6 Å². The molecule has 0 bridgehead atoms. The van der Waals surface area contributed by atoms with Crippen molar-refractivity contribution in [1.29, 1.82) is 0 Å². The number of benzene rings is 2. The number of nitrogens with zero attached hydrogens (tertiary/aromatic N) is 4. The number of halogens is 1. The average Bonchev–Trinajstić information content (AvgIpc) is 3.54. The van der Waals surface area contributed by atoms with E-state index in [9.17, 15) is 9.18 Å². The third kappa shape index (κ3) is 4.56. The number of thiophene rings is 1. The van der Waals surface area contributed by atoms with Gasteiger partial charge in [-0.3, -0.25) is 14.2 Å². The summed E-state index contributed by atoms with van der Waals surface area (Å²) in [4.78, 5) is 14.5. The normalized spacial score (nSPS) is 11.2. The summed E-state index contributed by atoms with van der Waals surface area (Å²) in [5.41, 5.74) is 3.99. The smallest absolute Gasteiger partial charge is 0.261 e. The Bertz CT molecular complexity index is 1400. The lowest BCUT2D eigenvalue weighted by Gasteiger charge is -2.10. The van der Waals surface area contributed by atoms with Crippen molar-refractivity contribution in [2.45, 2.75) is 26.6 Å². The minimum atomic E-state index is -0.262. The van der Waals surface area contributed by atoms with Crippen molar-refractivity contribution < 1.29 is 9.18 Å². The predicted octanol–water partition coefficient (Wildman–Crippen LogP) is 4.77. The van der Waals surface area contributed by atoms with Gasteiger partial charge in [-0.05, 0) is 47.9 Å². The summed E-state index contributed by atoms with van der Waals surface area (Å²) in [5.74, 6) is -0.375. The summed E-state index contributed by atoms with van der Waals surface area (Å²) in [6.07, 6.45) is 3.68. The molecule has 2 aromatic carbocycles. The zero-order valence-corrected chi connectivity index (χ0v) is 18.8. The number of carbonyl (C=O) groups is 1. The van der Waals surface area contributed by atoms with Gasteiger partial charge in [0.15, 0.2) is 0 Å². The molecule has 3 heterocycles. The molecule has 0 saturated carbocycles. The number of hydrogen-bond donors (Lipinski definition) is 1. The van der Waals surface area contributed by atoms with Crippen LogP contribution in [0.1, 0.15) is 32.1 Å². The quantitative estimate of drug-likeness (QED) is 0.381. The lowest BCUT2D eigenvalue weighted by molar-refractivity contribution is 0.0955. The first kappa shape index (κ1) is 21.1. The fourth-order valence-electron chi connectivity index (χ4n) is 3.81. The van der Waals surface area contributed by atoms with Gasteiger partial charge in [0.05, 0.1) is 23.7 Å². The van der Waals surface area contributed by atoms with Gasteiger partial charge in [0.25, 0.3) is 5.91 Å². The Labute approximate surface area is 194 Å². The maximum atomic E-state index is 13.2. The van der Waals surface area contributed by atoms with E-state index in [1.54, 1.807) is 18.3 Å². The molecule has 0 aliphatic carbocycles. The molecular formula is C25H22FN5OS. The highest BCUT2D eigenvalue weighted by atomic mass is 32.1. The van der Waals surface area contributed by atoms with Crippen LogP contribution in [-0.4, -0.2) is 25.5 Å². The van der Waals surface area contributed by atoms with Crippen LogP contribution in [0.3, 0.4) is 0 Å². The minimum Gasteiger partial charge on any atom is -0.347 e. The van der Waals surface area contributed by atoms with Crippen LogP contribution in [0.5, 0.6) is 0 Å². The first-order valence-corrected chi connectivity index (χ1v) is 11.4. The lowest BCUT2D eigenvalue weighted by Crippen LogP contribution is -2.22. The monoisotopic (exact) mass is 459 g/mol. The Kier molecular flexibility index (Phi) is 5.75. The van der Waals surface area contributed by atoms with Gasteiger partial charge in [0, 0.05) is 24.3 Å². The van der Waals surface area contributed by atoms with Crippen molar-refractivity contribution in [3.63, 3.8) is 0 Å². The molecule has 0 unspecified atom stereocenters. The molecular weight excluding hydrogens is 437 g/mol. The van der Waals surface area contributed by atoms with E-state index in [0.717, 1.165) is 32.6 Å². The van der Waals surface area contributed by atoms with E-state index in [1.165, 1.54) is 23.5 Å². The van der Waals surface area contributed by atoms with E-state index in [4.69, 9.17) is 0 Å². The molecule has 0 aliphatic heterocycles. The van der Waals surface area contributed by atoms with E-state index in [-0.39, 0.29) is 11.7 Å². The zero-order valence-electron chi connectivity index (χ0n) is 18.0. The molecule has 33 heavy (non-hydrogen) atoms. The number of aryl methyl sites for hydroxylation is 1. The average molecular weight is 460 g/mol. The van der Waals surface area contributed by atoms with Gasteiger partial charge in [-0.25, -0.2) is 4.39 Å². The SMILES string of the molecule is Cc1nn(Cc2ccc(F)cc2)c2sc(C(=O)NCc3ccccc3Cn3cccn3)cc12. The van der Waals surface area contributed by atoms with Gasteiger partial charge in [-0.2, -0.15) is 10.2 Å². The van der Waals surface area contributed by atoms with Gasteiger partial charge in [-0.1, -0.05) is 36.4 Å². The standard InChI is InChI=1S/C25H22FN5OS/c1-17-22-13-23(33-25(22)31(29-17)15-18-7-9-21(26)10-8-18)24(32)27-14-19-5-2-3-6-20(19)16-30-12-4-11-28-30/h2-13H,14-16H2,1H3,(H,27,32). The molecule has 6 nitrogen and oxygen atoms in total. The second-order valence-corrected chi connectivity index (χ2v) is 8.88. The van der Waals surface area contributed by atoms with Crippen LogP contribution in [0.15, 0.2) is 73.1 Å². The topological polar surface area (TPSA) is 64.7 Å². The Morgan fingerprint density at radius 1 is 1.06 bits per heavy atom. The van der Waals surface area contributed by atoms with Crippen LogP contribution >= 0.6 is 11.3 Å². The second-order valence-electron chi connectivity index (χ2n) is 7.85. The van der Waals surface area contributed by atoms with Crippen molar-refractivity contribution in [2.75, 3.05) is 0 Å². The Morgan fingerprint density at radius 2 is 1.85 bits per heavy atom. The van der Waals surface area contributed by atoms with Crippen molar-refractivity contribution in [2.24, 2.45) is 0 Å². The first-order valence-electron chi connectivity index (χ1n) is 10.6. The summed E-state index contributed by atoms with van der Waals surface area (Å²) in [6.45, 7) is 3.54. The summed E-state index contributed by atoms with van der Waals surface area (Å²) >= 11 is 1.42. The Morgan fingerprint density at radius 3 is 2.61 bits per heavy atom. The molecule has 0 saturated heterocycles. The van der Waals surface area contributed by atoms with Gasteiger partial charge < -0.3 is 5.32 Å². The van der Waals surface area contributed by atoms with E-state index in [1.807, 2.05) is 52.8 Å².